The second-order valence-electron chi connectivity index (χ2n) is 1.72. The first-order chi connectivity index (χ1) is 4.77. The van der Waals surface area contributed by atoms with Gasteiger partial charge >= 0.3 is 0 Å². The van der Waals surface area contributed by atoms with E-state index >= 15 is 0 Å². The molecule has 10 heavy (non-hydrogen) atoms. The van der Waals surface area contributed by atoms with Crippen molar-refractivity contribution in [2.24, 2.45) is 0 Å². The lowest BCUT2D eigenvalue weighted by molar-refractivity contribution is 0.671. The predicted molar refractivity (Wildman–Crippen MR) is 43.3 cm³/mol. The molecule has 0 heterocycles. The van der Waals surface area contributed by atoms with Gasteiger partial charge in [0, 0.05) is 0 Å². The van der Waals surface area contributed by atoms with E-state index in [-0.39, 0.29) is 0 Å². The molecule has 0 rings (SSSR count). The zero-order valence-electron chi connectivity index (χ0n) is 6.05. The highest BCUT2D eigenvalue weighted by Gasteiger charge is 1.72. The lowest BCUT2D eigenvalue weighted by atomic mass is 10.4. The molecule has 0 saturated heterocycles. The van der Waals surface area contributed by atoms with E-state index in [1.54, 1.807) is 12.2 Å². The summed E-state index contributed by atoms with van der Waals surface area (Å²) >= 11 is 0. The van der Waals surface area contributed by atoms with Crippen molar-refractivity contribution in [1.29, 1.82) is 0 Å². The molecule has 0 aromatic carbocycles. The Labute approximate surface area is 61.1 Å². The Bertz CT molecular complexity index is 173. The molecule has 0 aromatic rings. The molecular formula is C9H11F. The predicted octanol–water partition coefficient (Wildman–Crippen LogP) is 3.16. The molecule has 0 radical (unpaired) electrons. The van der Waals surface area contributed by atoms with E-state index in [0.717, 1.165) is 0 Å². The highest BCUT2D eigenvalue weighted by Crippen LogP contribution is 1.92. The van der Waals surface area contributed by atoms with Crippen molar-refractivity contribution in [3.05, 3.63) is 48.9 Å². The smallest absolute Gasteiger partial charge is 0.116 e. The maximum atomic E-state index is 11.9. The summed E-state index contributed by atoms with van der Waals surface area (Å²) in [7, 11) is 0. The molecule has 0 bridgehead atoms. The van der Waals surface area contributed by atoms with Crippen LogP contribution in [0.4, 0.5) is 4.39 Å². The van der Waals surface area contributed by atoms with Crippen LogP contribution in [0.1, 0.15) is 6.92 Å². The average Bonchev–Trinajstić information content (AvgIpc) is 1.87. The van der Waals surface area contributed by atoms with Gasteiger partial charge in [-0.15, -0.1) is 0 Å². The number of halogens is 1. The van der Waals surface area contributed by atoms with Gasteiger partial charge < -0.3 is 0 Å². The first-order valence-electron chi connectivity index (χ1n) is 3.08. The standard InChI is InChI=1S/C9H11F/c1-3-4-5-6-7-8-9(2)10/h3-8H,2H2,1H3/b4-3+,6-5+,8-7-. The van der Waals surface area contributed by atoms with Crippen molar-refractivity contribution < 1.29 is 4.39 Å². The maximum absolute atomic E-state index is 11.9. The van der Waals surface area contributed by atoms with Crippen LogP contribution in [-0.2, 0) is 0 Å². The Morgan fingerprint density at radius 2 is 1.80 bits per heavy atom. The van der Waals surface area contributed by atoms with Gasteiger partial charge in [0.25, 0.3) is 0 Å². The van der Waals surface area contributed by atoms with Crippen LogP contribution in [0.2, 0.25) is 0 Å². The maximum Gasteiger partial charge on any atom is 0.116 e. The van der Waals surface area contributed by atoms with E-state index in [1.807, 2.05) is 25.2 Å². The van der Waals surface area contributed by atoms with Gasteiger partial charge in [-0.05, 0) is 13.0 Å². The van der Waals surface area contributed by atoms with Crippen molar-refractivity contribution >= 4 is 0 Å². The molecule has 1 heteroatoms. The summed E-state index contributed by atoms with van der Waals surface area (Å²) in [5.41, 5.74) is 0. The summed E-state index contributed by atoms with van der Waals surface area (Å²) < 4.78 is 11.9. The highest BCUT2D eigenvalue weighted by molar-refractivity contribution is 5.16. The molecule has 0 spiro atoms. The molecule has 0 amide bonds. The molecule has 0 aliphatic carbocycles. The summed E-state index contributed by atoms with van der Waals surface area (Å²) in [5, 5.41) is 0. The largest absolute Gasteiger partial charge is 0.208 e. The lowest BCUT2D eigenvalue weighted by Crippen LogP contribution is -1.55. The molecule has 0 aliphatic rings. The van der Waals surface area contributed by atoms with Gasteiger partial charge in [-0.1, -0.05) is 37.0 Å². The van der Waals surface area contributed by atoms with Crippen LogP contribution in [0.25, 0.3) is 0 Å². The summed E-state index contributed by atoms with van der Waals surface area (Å²) in [5.74, 6) is -0.426. The van der Waals surface area contributed by atoms with Crippen molar-refractivity contribution in [3.8, 4) is 0 Å². The lowest BCUT2D eigenvalue weighted by Gasteiger charge is -1.75. The average molecular weight is 138 g/mol. The zero-order valence-corrected chi connectivity index (χ0v) is 6.05. The first kappa shape index (κ1) is 8.89. The fourth-order valence-corrected chi connectivity index (χ4v) is 0.399. The summed E-state index contributed by atoms with van der Waals surface area (Å²) in [6.07, 6.45) is 10.2. The van der Waals surface area contributed by atoms with E-state index in [9.17, 15) is 4.39 Å². The molecule has 0 unspecified atom stereocenters. The van der Waals surface area contributed by atoms with E-state index in [1.165, 1.54) is 6.08 Å². The van der Waals surface area contributed by atoms with Crippen molar-refractivity contribution in [3.63, 3.8) is 0 Å². The topological polar surface area (TPSA) is 0 Å². The minimum absolute atomic E-state index is 0.426. The molecule has 54 valence electrons. The monoisotopic (exact) mass is 138 g/mol. The van der Waals surface area contributed by atoms with Gasteiger partial charge in [0.1, 0.15) is 5.83 Å². The van der Waals surface area contributed by atoms with Crippen LogP contribution in [-0.4, -0.2) is 0 Å². The van der Waals surface area contributed by atoms with Crippen molar-refractivity contribution in [2.45, 2.75) is 6.92 Å². The van der Waals surface area contributed by atoms with Gasteiger partial charge in [-0.25, -0.2) is 4.39 Å². The van der Waals surface area contributed by atoms with Crippen LogP contribution in [0.3, 0.4) is 0 Å². The van der Waals surface area contributed by atoms with Gasteiger partial charge in [0.2, 0.25) is 0 Å². The number of allylic oxidation sites excluding steroid dienone is 7. The van der Waals surface area contributed by atoms with Crippen LogP contribution >= 0.6 is 0 Å². The summed E-state index contributed by atoms with van der Waals surface area (Å²) in [6, 6.07) is 0. The quantitative estimate of drug-likeness (QED) is 0.525. The molecule has 0 fully saturated rings. The van der Waals surface area contributed by atoms with Gasteiger partial charge in [0.05, 0.1) is 0 Å². The third-order valence-electron chi connectivity index (χ3n) is 0.803. The molecule has 0 aliphatic heterocycles. The summed E-state index contributed by atoms with van der Waals surface area (Å²) in [6.45, 7) is 4.99. The van der Waals surface area contributed by atoms with Crippen LogP contribution in [0.5, 0.6) is 0 Å². The second-order valence-corrected chi connectivity index (χ2v) is 1.72. The van der Waals surface area contributed by atoms with E-state index in [0.29, 0.717) is 0 Å². The molecule has 0 nitrogen and oxygen atoms in total. The molecule has 0 N–H and O–H groups in total. The third-order valence-corrected chi connectivity index (χ3v) is 0.803. The minimum atomic E-state index is -0.426. The fourth-order valence-electron chi connectivity index (χ4n) is 0.399. The molecule has 0 atom stereocenters. The highest BCUT2D eigenvalue weighted by atomic mass is 19.1. The third kappa shape index (κ3) is 6.89. The SMILES string of the molecule is C=C(F)\C=C/C=C/C=C/C. The van der Waals surface area contributed by atoms with Crippen molar-refractivity contribution in [2.75, 3.05) is 0 Å². The zero-order chi connectivity index (χ0) is 7.82. The van der Waals surface area contributed by atoms with Crippen molar-refractivity contribution in [1.82, 2.24) is 0 Å². The van der Waals surface area contributed by atoms with Crippen LogP contribution < -0.4 is 0 Å². The Morgan fingerprint density at radius 3 is 2.30 bits per heavy atom. The minimum Gasteiger partial charge on any atom is -0.208 e. The van der Waals surface area contributed by atoms with E-state index < -0.39 is 5.83 Å². The van der Waals surface area contributed by atoms with Crippen LogP contribution in [0.15, 0.2) is 48.9 Å². The van der Waals surface area contributed by atoms with Gasteiger partial charge in [-0.3, -0.25) is 0 Å². The Hall–Kier alpha value is -1.11. The second kappa shape index (κ2) is 6.02. The Morgan fingerprint density at radius 1 is 1.20 bits per heavy atom. The fraction of sp³-hybridized carbons (Fsp3) is 0.111. The number of hydrogen-bond acceptors (Lipinski definition) is 0. The number of rotatable bonds is 3. The number of hydrogen-bond donors (Lipinski definition) is 0. The molecule has 0 aromatic heterocycles. The van der Waals surface area contributed by atoms with Gasteiger partial charge in [-0.2, -0.15) is 0 Å². The van der Waals surface area contributed by atoms with Gasteiger partial charge in [0.15, 0.2) is 0 Å². The van der Waals surface area contributed by atoms with Crippen LogP contribution in [0, 0.1) is 0 Å². The first-order valence-corrected chi connectivity index (χ1v) is 3.08. The summed E-state index contributed by atoms with van der Waals surface area (Å²) in [4.78, 5) is 0. The molecular weight excluding hydrogens is 127 g/mol. The van der Waals surface area contributed by atoms with E-state index in [2.05, 4.69) is 6.58 Å². The Kier molecular flexibility index (Phi) is 5.35. The van der Waals surface area contributed by atoms with E-state index in [4.69, 9.17) is 0 Å². The normalized spacial score (nSPS) is 12.2. The molecule has 0 saturated carbocycles. The Balaban J connectivity index is 3.62.